The molecular formula is C11H19NO. The van der Waals surface area contributed by atoms with Crippen molar-refractivity contribution in [3.8, 4) is 0 Å². The maximum absolute atomic E-state index is 5.31. The maximum Gasteiger partial charge on any atom is 0.139 e. The predicted molar refractivity (Wildman–Crippen MR) is 54.0 cm³/mol. The highest BCUT2D eigenvalue weighted by molar-refractivity contribution is 5.28. The summed E-state index contributed by atoms with van der Waals surface area (Å²) in [7, 11) is 0. The molecule has 0 aliphatic carbocycles. The highest BCUT2D eigenvalue weighted by Gasteiger charge is 2.23. The van der Waals surface area contributed by atoms with Crippen LogP contribution in [-0.2, 0) is 18.3 Å². The zero-order valence-electron chi connectivity index (χ0n) is 9.27. The average Bonchev–Trinajstić information content (AvgIpc) is 2.45. The Morgan fingerprint density at radius 1 is 1.15 bits per heavy atom. The molecule has 0 aliphatic heterocycles. The van der Waals surface area contributed by atoms with Gasteiger partial charge in [0.1, 0.15) is 5.76 Å². The molecule has 74 valence electrons. The third-order valence-electron chi connectivity index (χ3n) is 2.25. The van der Waals surface area contributed by atoms with Crippen molar-refractivity contribution >= 4 is 0 Å². The summed E-state index contributed by atoms with van der Waals surface area (Å²) in [6.45, 7) is 10.8. The molecule has 13 heavy (non-hydrogen) atoms. The van der Waals surface area contributed by atoms with Crippen molar-refractivity contribution in [2.45, 2.75) is 52.9 Å². The molecular weight excluding hydrogens is 162 g/mol. The first kappa shape index (κ1) is 10.3. The Bertz CT molecular complexity index is 281. The number of aryl methyl sites for hydroxylation is 1. The van der Waals surface area contributed by atoms with Gasteiger partial charge in [-0.2, -0.15) is 0 Å². The Labute approximate surface area is 80.3 Å². The van der Waals surface area contributed by atoms with Gasteiger partial charge in [-0.3, -0.25) is 0 Å². The summed E-state index contributed by atoms with van der Waals surface area (Å²) in [5.74, 6) is 1.05. The second-order valence-corrected chi connectivity index (χ2v) is 4.39. The topological polar surface area (TPSA) is 26.0 Å². The van der Waals surface area contributed by atoms with Crippen molar-refractivity contribution in [2.75, 3.05) is 0 Å². The first-order valence-corrected chi connectivity index (χ1v) is 4.98. The normalized spacial score (nSPS) is 12.1. The third kappa shape index (κ3) is 1.93. The predicted octanol–water partition coefficient (Wildman–Crippen LogP) is 3.10. The SMILES string of the molecule is CCc1onc(C(C)(C)C)c1CC. The van der Waals surface area contributed by atoms with Gasteiger partial charge in [-0.25, -0.2) is 0 Å². The van der Waals surface area contributed by atoms with Gasteiger partial charge in [0.2, 0.25) is 0 Å². The summed E-state index contributed by atoms with van der Waals surface area (Å²) in [6.07, 6.45) is 1.95. The van der Waals surface area contributed by atoms with Crippen LogP contribution in [0.4, 0.5) is 0 Å². The minimum atomic E-state index is 0.0995. The minimum absolute atomic E-state index is 0.0995. The number of rotatable bonds is 2. The van der Waals surface area contributed by atoms with Crippen molar-refractivity contribution in [3.63, 3.8) is 0 Å². The van der Waals surface area contributed by atoms with Crippen LogP contribution in [0.25, 0.3) is 0 Å². The fourth-order valence-electron chi connectivity index (χ4n) is 1.58. The molecule has 0 saturated heterocycles. The Hall–Kier alpha value is -0.790. The van der Waals surface area contributed by atoms with Crippen molar-refractivity contribution in [1.82, 2.24) is 5.16 Å². The molecule has 0 aromatic carbocycles. The molecule has 0 aliphatic rings. The Morgan fingerprint density at radius 3 is 2.15 bits per heavy atom. The summed E-state index contributed by atoms with van der Waals surface area (Å²) < 4.78 is 5.31. The fourth-order valence-corrected chi connectivity index (χ4v) is 1.58. The van der Waals surface area contributed by atoms with Crippen molar-refractivity contribution < 1.29 is 4.52 Å². The molecule has 0 amide bonds. The lowest BCUT2D eigenvalue weighted by molar-refractivity contribution is 0.367. The Kier molecular flexibility index (Phi) is 2.79. The van der Waals surface area contributed by atoms with Crippen LogP contribution in [0.3, 0.4) is 0 Å². The average molecular weight is 181 g/mol. The molecule has 0 N–H and O–H groups in total. The van der Waals surface area contributed by atoms with Crippen molar-refractivity contribution in [3.05, 3.63) is 17.0 Å². The van der Waals surface area contributed by atoms with Gasteiger partial charge in [0.15, 0.2) is 0 Å². The van der Waals surface area contributed by atoms with Gasteiger partial charge >= 0.3 is 0 Å². The molecule has 2 heteroatoms. The molecule has 0 unspecified atom stereocenters. The highest BCUT2D eigenvalue weighted by Crippen LogP contribution is 2.27. The number of hydrogen-bond acceptors (Lipinski definition) is 2. The lowest BCUT2D eigenvalue weighted by Gasteiger charge is -2.15. The molecule has 0 atom stereocenters. The lowest BCUT2D eigenvalue weighted by atomic mass is 9.88. The van der Waals surface area contributed by atoms with Crippen LogP contribution in [0.5, 0.6) is 0 Å². The number of nitrogens with zero attached hydrogens (tertiary/aromatic N) is 1. The third-order valence-corrected chi connectivity index (χ3v) is 2.25. The largest absolute Gasteiger partial charge is 0.361 e. The zero-order chi connectivity index (χ0) is 10.1. The molecule has 0 radical (unpaired) electrons. The van der Waals surface area contributed by atoms with E-state index in [0.717, 1.165) is 24.3 Å². The molecule has 0 saturated carbocycles. The van der Waals surface area contributed by atoms with Gasteiger partial charge in [0, 0.05) is 17.4 Å². The first-order valence-electron chi connectivity index (χ1n) is 4.98. The molecule has 0 bridgehead atoms. The van der Waals surface area contributed by atoms with Crippen LogP contribution in [0.1, 0.15) is 51.6 Å². The quantitative estimate of drug-likeness (QED) is 0.700. The maximum atomic E-state index is 5.31. The van der Waals surface area contributed by atoms with Crippen LogP contribution >= 0.6 is 0 Å². The fraction of sp³-hybridized carbons (Fsp3) is 0.727. The molecule has 2 nitrogen and oxygen atoms in total. The Balaban J connectivity index is 3.16. The summed E-state index contributed by atoms with van der Waals surface area (Å²) in [5.41, 5.74) is 2.52. The van der Waals surface area contributed by atoms with Crippen LogP contribution in [-0.4, -0.2) is 5.16 Å². The molecule has 1 heterocycles. The van der Waals surface area contributed by atoms with Crippen LogP contribution in [0.15, 0.2) is 4.52 Å². The van der Waals surface area contributed by atoms with Crippen LogP contribution < -0.4 is 0 Å². The zero-order valence-corrected chi connectivity index (χ0v) is 9.27. The van der Waals surface area contributed by atoms with E-state index in [1.165, 1.54) is 5.56 Å². The summed E-state index contributed by atoms with van der Waals surface area (Å²) in [4.78, 5) is 0. The molecule has 0 fully saturated rings. The van der Waals surface area contributed by atoms with Crippen LogP contribution in [0, 0.1) is 0 Å². The standard InChI is InChI=1S/C11H19NO/c1-6-8-9(7-2)13-12-10(8)11(3,4)5/h6-7H2,1-5H3. The summed E-state index contributed by atoms with van der Waals surface area (Å²) in [6, 6.07) is 0. The van der Waals surface area contributed by atoms with E-state index in [2.05, 4.69) is 39.8 Å². The highest BCUT2D eigenvalue weighted by atomic mass is 16.5. The van der Waals surface area contributed by atoms with E-state index >= 15 is 0 Å². The van der Waals surface area contributed by atoms with E-state index in [0.29, 0.717) is 0 Å². The summed E-state index contributed by atoms with van der Waals surface area (Å²) >= 11 is 0. The van der Waals surface area contributed by atoms with E-state index in [1.54, 1.807) is 0 Å². The summed E-state index contributed by atoms with van der Waals surface area (Å²) in [5, 5.41) is 4.15. The van der Waals surface area contributed by atoms with Gasteiger partial charge in [-0.15, -0.1) is 0 Å². The van der Waals surface area contributed by atoms with E-state index in [-0.39, 0.29) is 5.41 Å². The molecule has 1 aromatic rings. The van der Waals surface area contributed by atoms with E-state index in [4.69, 9.17) is 4.52 Å². The number of aromatic nitrogens is 1. The van der Waals surface area contributed by atoms with Gasteiger partial charge in [-0.1, -0.05) is 39.8 Å². The second kappa shape index (κ2) is 3.52. The Morgan fingerprint density at radius 2 is 1.77 bits per heavy atom. The minimum Gasteiger partial charge on any atom is -0.361 e. The molecule has 1 rings (SSSR count). The van der Waals surface area contributed by atoms with Gasteiger partial charge in [0.05, 0.1) is 5.69 Å². The van der Waals surface area contributed by atoms with E-state index in [9.17, 15) is 0 Å². The molecule has 1 aromatic heterocycles. The van der Waals surface area contributed by atoms with E-state index in [1.807, 2.05) is 0 Å². The molecule has 0 spiro atoms. The second-order valence-electron chi connectivity index (χ2n) is 4.39. The van der Waals surface area contributed by atoms with Crippen molar-refractivity contribution in [2.24, 2.45) is 0 Å². The van der Waals surface area contributed by atoms with Gasteiger partial charge in [-0.05, 0) is 6.42 Å². The number of hydrogen-bond donors (Lipinski definition) is 0. The van der Waals surface area contributed by atoms with Gasteiger partial charge < -0.3 is 4.52 Å². The first-order chi connectivity index (χ1) is 6.00. The van der Waals surface area contributed by atoms with Gasteiger partial charge in [0.25, 0.3) is 0 Å². The monoisotopic (exact) mass is 181 g/mol. The lowest BCUT2D eigenvalue weighted by Crippen LogP contribution is -2.14. The smallest absolute Gasteiger partial charge is 0.139 e. The van der Waals surface area contributed by atoms with Crippen molar-refractivity contribution in [1.29, 1.82) is 0 Å². The van der Waals surface area contributed by atoms with E-state index < -0.39 is 0 Å². The van der Waals surface area contributed by atoms with Crippen LogP contribution in [0.2, 0.25) is 0 Å².